The number of pyridine rings is 1. The van der Waals surface area contributed by atoms with Crippen LogP contribution in [0.5, 0.6) is 0 Å². The van der Waals surface area contributed by atoms with Gasteiger partial charge in [-0.05, 0) is 64.4 Å². The van der Waals surface area contributed by atoms with Crippen molar-refractivity contribution in [2.75, 3.05) is 20.3 Å². The predicted octanol–water partition coefficient (Wildman–Crippen LogP) is 4.37. The van der Waals surface area contributed by atoms with Crippen molar-refractivity contribution in [1.29, 1.82) is 0 Å². The largest absolute Gasteiger partial charge is 0.383 e. The summed E-state index contributed by atoms with van der Waals surface area (Å²) in [5.74, 6) is 0.624. The fraction of sp³-hybridized carbons (Fsp3) is 0.286. The molecule has 3 heterocycles. The van der Waals surface area contributed by atoms with E-state index in [1.54, 1.807) is 23.1 Å². The van der Waals surface area contributed by atoms with Gasteiger partial charge in [-0.25, -0.2) is 4.68 Å². The van der Waals surface area contributed by atoms with Crippen molar-refractivity contribution in [3.8, 4) is 0 Å². The van der Waals surface area contributed by atoms with Crippen LogP contribution < -0.4 is 5.56 Å². The molecule has 0 amide bonds. The first-order chi connectivity index (χ1) is 18.1. The molecule has 0 bridgehead atoms. The number of aromatic nitrogens is 5. The molecule has 3 aromatic heterocycles. The summed E-state index contributed by atoms with van der Waals surface area (Å²) in [6.45, 7) is 4.39. The lowest BCUT2D eigenvalue weighted by Crippen LogP contribution is -2.36. The van der Waals surface area contributed by atoms with E-state index < -0.39 is 6.04 Å². The van der Waals surface area contributed by atoms with Crippen LogP contribution in [0.3, 0.4) is 0 Å². The number of hydrogen-bond donors (Lipinski definition) is 1. The number of benzene rings is 2. The normalized spacial score (nSPS) is 12.4. The molecule has 0 radical (unpaired) electrons. The Hall–Kier alpha value is -3.66. The second-order valence-electron chi connectivity index (χ2n) is 9.09. The van der Waals surface area contributed by atoms with Gasteiger partial charge in [-0.1, -0.05) is 48.0 Å². The number of ether oxygens (including phenoxy) is 1. The number of methoxy groups -OCH3 is 1. The third-order valence-electron chi connectivity index (χ3n) is 6.47. The number of aryl methyl sites for hydroxylation is 1. The number of thiophene rings is 1. The van der Waals surface area contributed by atoms with Gasteiger partial charge in [-0.15, -0.1) is 16.4 Å². The van der Waals surface area contributed by atoms with Crippen LogP contribution in [0.25, 0.3) is 10.9 Å². The number of fused-ring (bicyclic) bond motifs is 1. The zero-order chi connectivity index (χ0) is 25.6. The van der Waals surface area contributed by atoms with E-state index in [2.05, 4.69) is 80.2 Å². The van der Waals surface area contributed by atoms with Crippen molar-refractivity contribution in [2.45, 2.75) is 32.5 Å². The molecule has 0 fully saturated rings. The molecule has 0 saturated heterocycles. The number of aromatic amines is 1. The summed E-state index contributed by atoms with van der Waals surface area (Å²) in [6.07, 6.45) is 0.826. The molecule has 0 aliphatic carbocycles. The van der Waals surface area contributed by atoms with Crippen LogP contribution in [0, 0.1) is 6.92 Å². The van der Waals surface area contributed by atoms with Gasteiger partial charge in [0.05, 0.1) is 13.2 Å². The van der Waals surface area contributed by atoms with E-state index in [0.29, 0.717) is 31.1 Å². The first-order valence-corrected chi connectivity index (χ1v) is 13.2. The fourth-order valence-corrected chi connectivity index (χ4v) is 5.34. The average Bonchev–Trinajstić information content (AvgIpc) is 3.59. The molecule has 37 heavy (non-hydrogen) atoms. The Morgan fingerprint density at radius 3 is 2.76 bits per heavy atom. The van der Waals surface area contributed by atoms with Crippen LogP contribution in [0.15, 0.2) is 76.9 Å². The molecule has 0 aliphatic rings. The highest BCUT2D eigenvalue weighted by Gasteiger charge is 2.30. The van der Waals surface area contributed by atoms with Gasteiger partial charge < -0.3 is 9.72 Å². The summed E-state index contributed by atoms with van der Waals surface area (Å²) in [5.41, 5.74) is 3.66. The molecule has 1 unspecified atom stereocenters. The van der Waals surface area contributed by atoms with E-state index >= 15 is 0 Å². The standard InChI is InChI=1S/C28H30N6O2S/c1-20-10-11-25-22(17-20)18-24(28(35)29-25)26(27-30-31-32-34(27)14-15-36-2)33(19-23-9-6-16-37-23)13-12-21-7-4-3-5-8-21/h3-11,16-18,26H,12-15,19H2,1-2H3,(H,29,35). The Morgan fingerprint density at radius 2 is 1.97 bits per heavy atom. The lowest BCUT2D eigenvalue weighted by atomic mass is 10.0. The highest BCUT2D eigenvalue weighted by molar-refractivity contribution is 7.09. The molecule has 5 rings (SSSR count). The summed E-state index contributed by atoms with van der Waals surface area (Å²) >= 11 is 1.70. The SMILES string of the molecule is COCCn1nnnc1C(c1cc2cc(C)ccc2[nH]c1=O)N(CCc1ccccc1)Cc1cccs1. The Bertz CT molecular complexity index is 1500. The molecule has 0 spiro atoms. The van der Waals surface area contributed by atoms with Crippen LogP contribution in [0.4, 0.5) is 0 Å². The Kier molecular flexibility index (Phi) is 7.84. The van der Waals surface area contributed by atoms with Crippen molar-refractivity contribution < 1.29 is 4.74 Å². The summed E-state index contributed by atoms with van der Waals surface area (Å²) in [4.78, 5) is 20.2. The lowest BCUT2D eigenvalue weighted by molar-refractivity contribution is 0.172. The van der Waals surface area contributed by atoms with Crippen LogP contribution >= 0.6 is 11.3 Å². The van der Waals surface area contributed by atoms with Gasteiger partial charge in [-0.3, -0.25) is 9.69 Å². The maximum atomic E-state index is 13.6. The van der Waals surface area contributed by atoms with E-state index in [1.165, 1.54) is 10.4 Å². The van der Waals surface area contributed by atoms with E-state index in [0.717, 1.165) is 29.4 Å². The van der Waals surface area contributed by atoms with Gasteiger partial charge in [0.1, 0.15) is 6.04 Å². The predicted molar refractivity (Wildman–Crippen MR) is 146 cm³/mol. The molecule has 5 aromatic rings. The Morgan fingerprint density at radius 1 is 1.11 bits per heavy atom. The quantitative estimate of drug-likeness (QED) is 0.282. The first kappa shape index (κ1) is 25.0. The molecule has 2 aromatic carbocycles. The summed E-state index contributed by atoms with van der Waals surface area (Å²) in [5, 5.41) is 15.7. The monoisotopic (exact) mass is 514 g/mol. The zero-order valence-electron chi connectivity index (χ0n) is 21.0. The molecular formula is C28H30N6O2S. The molecule has 8 nitrogen and oxygen atoms in total. The number of hydrogen-bond acceptors (Lipinski definition) is 7. The lowest BCUT2D eigenvalue weighted by Gasteiger charge is -2.30. The van der Waals surface area contributed by atoms with E-state index in [1.807, 2.05) is 24.3 Å². The fourth-order valence-electron chi connectivity index (χ4n) is 4.61. The topological polar surface area (TPSA) is 88.9 Å². The van der Waals surface area contributed by atoms with Gasteiger partial charge >= 0.3 is 0 Å². The minimum Gasteiger partial charge on any atom is -0.383 e. The minimum absolute atomic E-state index is 0.140. The van der Waals surface area contributed by atoms with Crippen LogP contribution in [0.1, 0.15) is 33.4 Å². The van der Waals surface area contributed by atoms with Crippen molar-refractivity contribution in [3.63, 3.8) is 0 Å². The molecule has 1 atom stereocenters. The van der Waals surface area contributed by atoms with Crippen LogP contribution in [-0.4, -0.2) is 50.4 Å². The summed E-state index contributed by atoms with van der Waals surface area (Å²) in [6, 6.07) is 22.2. The zero-order valence-corrected chi connectivity index (χ0v) is 21.8. The van der Waals surface area contributed by atoms with E-state index in [9.17, 15) is 4.79 Å². The first-order valence-electron chi connectivity index (χ1n) is 12.3. The molecule has 0 aliphatic heterocycles. The number of rotatable bonds is 11. The number of tetrazole rings is 1. The van der Waals surface area contributed by atoms with Gasteiger partial charge in [-0.2, -0.15) is 0 Å². The second kappa shape index (κ2) is 11.6. The minimum atomic E-state index is -0.452. The molecular weight excluding hydrogens is 484 g/mol. The van der Waals surface area contributed by atoms with E-state index in [-0.39, 0.29) is 5.56 Å². The maximum Gasteiger partial charge on any atom is 0.253 e. The van der Waals surface area contributed by atoms with Gasteiger partial charge in [0.2, 0.25) is 0 Å². The van der Waals surface area contributed by atoms with Crippen molar-refractivity contribution >= 4 is 22.2 Å². The highest BCUT2D eigenvalue weighted by Crippen LogP contribution is 2.29. The number of nitrogens with one attached hydrogen (secondary N) is 1. The van der Waals surface area contributed by atoms with Gasteiger partial charge in [0, 0.05) is 36.2 Å². The van der Waals surface area contributed by atoms with Crippen LogP contribution in [0.2, 0.25) is 0 Å². The number of H-pyrrole nitrogens is 1. The van der Waals surface area contributed by atoms with Crippen molar-refractivity contribution in [1.82, 2.24) is 30.1 Å². The molecule has 1 N–H and O–H groups in total. The maximum absolute atomic E-state index is 13.6. The van der Waals surface area contributed by atoms with E-state index in [4.69, 9.17) is 4.74 Å². The Balaban J connectivity index is 1.63. The Labute approximate surface area is 219 Å². The smallest absolute Gasteiger partial charge is 0.253 e. The van der Waals surface area contributed by atoms with Crippen molar-refractivity contribution in [3.05, 3.63) is 110 Å². The third kappa shape index (κ3) is 5.85. The molecule has 0 saturated carbocycles. The molecule has 190 valence electrons. The summed E-state index contributed by atoms with van der Waals surface area (Å²) in [7, 11) is 1.65. The van der Waals surface area contributed by atoms with Gasteiger partial charge in [0.25, 0.3) is 5.56 Å². The third-order valence-corrected chi connectivity index (χ3v) is 7.33. The van der Waals surface area contributed by atoms with Crippen molar-refractivity contribution in [2.24, 2.45) is 0 Å². The van der Waals surface area contributed by atoms with Gasteiger partial charge in [0.15, 0.2) is 5.82 Å². The van der Waals surface area contributed by atoms with Crippen LogP contribution in [-0.2, 0) is 24.2 Å². The number of nitrogens with zero attached hydrogens (tertiary/aromatic N) is 5. The highest BCUT2D eigenvalue weighted by atomic mass is 32.1. The summed E-state index contributed by atoms with van der Waals surface area (Å²) < 4.78 is 7.05. The average molecular weight is 515 g/mol. The molecule has 9 heteroatoms. The second-order valence-corrected chi connectivity index (χ2v) is 10.1.